The van der Waals surface area contributed by atoms with Crippen LogP contribution >= 0.6 is 11.6 Å². The number of amides is 1. The van der Waals surface area contributed by atoms with E-state index in [1.165, 1.54) is 0 Å². The summed E-state index contributed by atoms with van der Waals surface area (Å²) < 4.78 is 0. The number of likely N-dealkylation sites (tertiary alicyclic amines) is 1. The lowest BCUT2D eigenvalue weighted by Crippen LogP contribution is -2.42. The van der Waals surface area contributed by atoms with E-state index in [9.17, 15) is 14.9 Å². The first kappa shape index (κ1) is 18.3. The molecule has 1 saturated carbocycles. The second kappa shape index (κ2) is 5.94. The molecule has 4 nitrogen and oxygen atoms in total. The predicted molar refractivity (Wildman–Crippen MR) is 103 cm³/mol. The Hall–Kier alpha value is -2.12. The first-order valence-electron chi connectivity index (χ1n) is 9.45. The van der Waals surface area contributed by atoms with E-state index in [0.29, 0.717) is 24.5 Å². The molecular formula is C22H23ClN2O2. The Balaban J connectivity index is 1.59. The maximum atomic E-state index is 13.4. The van der Waals surface area contributed by atoms with Crippen molar-refractivity contribution in [1.82, 2.24) is 4.90 Å². The summed E-state index contributed by atoms with van der Waals surface area (Å²) in [6.07, 6.45) is 5.05. The first-order valence-corrected chi connectivity index (χ1v) is 9.82. The quantitative estimate of drug-likeness (QED) is 0.775. The molecule has 1 saturated heterocycles. The largest absolute Gasteiger partial charge is 0.341 e. The smallest absolute Gasteiger partial charge is 0.233 e. The predicted octanol–water partition coefficient (Wildman–Crippen LogP) is 4.04. The zero-order chi connectivity index (χ0) is 19.4. The highest BCUT2D eigenvalue weighted by Gasteiger charge is 2.56. The minimum Gasteiger partial charge on any atom is -0.341 e. The second-order valence-corrected chi connectivity index (χ2v) is 9.42. The summed E-state index contributed by atoms with van der Waals surface area (Å²) >= 11 is 6.00. The van der Waals surface area contributed by atoms with Crippen LogP contribution < -0.4 is 0 Å². The third-order valence-electron chi connectivity index (χ3n) is 6.45. The zero-order valence-corrected chi connectivity index (χ0v) is 16.5. The van der Waals surface area contributed by atoms with Crippen molar-refractivity contribution in [3.8, 4) is 6.07 Å². The van der Waals surface area contributed by atoms with Crippen molar-refractivity contribution >= 4 is 23.3 Å². The van der Waals surface area contributed by atoms with Gasteiger partial charge in [-0.1, -0.05) is 43.7 Å². The number of Topliss-reactive ketones (excluding diaryl/α,β-unsaturated/α-hetero) is 1. The summed E-state index contributed by atoms with van der Waals surface area (Å²) in [6.45, 7) is 5.07. The lowest BCUT2D eigenvalue weighted by molar-refractivity contribution is -0.133. The number of carbonyl (C=O) groups excluding carboxylic acids is 2. The Morgan fingerprint density at radius 2 is 1.85 bits per heavy atom. The van der Waals surface area contributed by atoms with Crippen molar-refractivity contribution < 1.29 is 9.59 Å². The third kappa shape index (κ3) is 2.89. The van der Waals surface area contributed by atoms with Gasteiger partial charge < -0.3 is 4.90 Å². The molecule has 1 aromatic carbocycles. The van der Waals surface area contributed by atoms with Crippen molar-refractivity contribution in [2.45, 2.75) is 44.9 Å². The molecule has 2 aliphatic carbocycles. The summed E-state index contributed by atoms with van der Waals surface area (Å²) in [5, 5.41) is 10.1. The van der Waals surface area contributed by atoms with Crippen molar-refractivity contribution in [2.75, 3.05) is 13.1 Å². The summed E-state index contributed by atoms with van der Waals surface area (Å²) in [4.78, 5) is 27.7. The molecule has 1 aliphatic heterocycles. The molecule has 0 aromatic heterocycles. The van der Waals surface area contributed by atoms with E-state index in [1.807, 2.05) is 49.1 Å². The van der Waals surface area contributed by atoms with Crippen LogP contribution in [0.15, 0.2) is 35.9 Å². The van der Waals surface area contributed by atoms with E-state index >= 15 is 0 Å². The number of hydrogen-bond acceptors (Lipinski definition) is 3. The van der Waals surface area contributed by atoms with Crippen LogP contribution in [0.4, 0.5) is 0 Å². The van der Waals surface area contributed by atoms with E-state index in [-0.39, 0.29) is 22.7 Å². The number of hydrogen-bond donors (Lipinski definition) is 0. The number of ketones is 1. The van der Waals surface area contributed by atoms with Crippen LogP contribution in [0.2, 0.25) is 5.02 Å². The first-order chi connectivity index (χ1) is 12.7. The molecule has 0 N–H and O–H groups in total. The SMILES string of the molecule is CC1(C)C[C@]2(C=C(C#N)C1=O)CCN(C(=O)C1(c3ccc(Cl)cc3)CC1)C2. The van der Waals surface area contributed by atoms with Crippen molar-refractivity contribution in [3.05, 3.63) is 46.5 Å². The molecule has 0 unspecified atom stereocenters. The summed E-state index contributed by atoms with van der Waals surface area (Å²) in [5.74, 6) is 0.0866. The molecule has 0 bridgehead atoms. The van der Waals surface area contributed by atoms with Gasteiger partial charge >= 0.3 is 0 Å². The van der Waals surface area contributed by atoms with Gasteiger partial charge in [0.1, 0.15) is 6.07 Å². The highest BCUT2D eigenvalue weighted by atomic mass is 35.5. The van der Waals surface area contributed by atoms with Gasteiger partial charge in [0.05, 0.1) is 11.0 Å². The van der Waals surface area contributed by atoms with Gasteiger partial charge in [-0.2, -0.15) is 5.26 Å². The molecule has 1 amide bonds. The maximum Gasteiger partial charge on any atom is 0.233 e. The van der Waals surface area contributed by atoms with E-state index in [2.05, 4.69) is 6.07 Å². The minimum absolute atomic E-state index is 0.0831. The van der Waals surface area contributed by atoms with Gasteiger partial charge in [0.25, 0.3) is 0 Å². The molecule has 1 atom stereocenters. The standard InChI is InChI=1S/C22H23ClN2O2/c1-20(2)13-21(11-15(12-24)18(20)26)9-10-25(14-21)19(27)22(7-8-22)16-3-5-17(23)6-4-16/h3-6,11H,7-10,13-14H2,1-2H3/t21-/m1/s1. The fraction of sp³-hybridized carbons (Fsp3) is 0.500. The molecule has 2 fully saturated rings. The summed E-state index contributed by atoms with van der Waals surface area (Å²) in [7, 11) is 0. The monoisotopic (exact) mass is 382 g/mol. The van der Waals surface area contributed by atoms with Gasteiger partial charge in [-0.15, -0.1) is 0 Å². The topological polar surface area (TPSA) is 61.2 Å². The number of benzene rings is 1. The van der Waals surface area contributed by atoms with E-state index in [1.54, 1.807) is 0 Å². The number of rotatable bonds is 2. The minimum atomic E-state index is -0.563. The molecule has 0 radical (unpaired) electrons. The highest BCUT2D eigenvalue weighted by Crippen LogP contribution is 2.53. The third-order valence-corrected chi connectivity index (χ3v) is 6.71. The average Bonchev–Trinajstić information content (AvgIpc) is 3.34. The van der Waals surface area contributed by atoms with Crippen LogP contribution in [-0.4, -0.2) is 29.7 Å². The molecule has 3 aliphatic rings. The normalized spacial score (nSPS) is 28.0. The van der Waals surface area contributed by atoms with Crippen molar-refractivity contribution in [3.63, 3.8) is 0 Å². The van der Waals surface area contributed by atoms with Crippen LogP contribution in [0.25, 0.3) is 0 Å². The zero-order valence-electron chi connectivity index (χ0n) is 15.7. The lowest BCUT2D eigenvalue weighted by Gasteiger charge is -2.38. The van der Waals surface area contributed by atoms with Crippen molar-refractivity contribution in [2.24, 2.45) is 10.8 Å². The Kier molecular flexibility index (Phi) is 4.01. The Labute approximate surface area is 164 Å². The molecule has 140 valence electrons. The second-order valence-electron chi connectivity index (χ2n) is 8.99. The molecule has 4 rings (SSSR count). The lowest BCUT2D eigenvalue weighted by atomic mass is 9.64. The van der Waals surface area contributed by atoms with Gasteiger partial charge in [0.2, 0.25) is 5.91 Å². The van der Waals surface area contributed by atoms with Gasteiger partial charge in [0.15, 0.2) is 5.78 Å². The Bertz CT molecular complexity index is 890. The van der Waals surface area contributed by atoms with Crippen LogP contribution in [0.3, 0.4) is 0 Å². The fourth-order valence-corrected chi connectivity index (χ4v) is 5.11. The Morgan fingerprint density at radius 1 is 1.19 bits per heavy atom. The average molecular weight is 383 g/mol. The number of halogens is 1. The molecule has 1 spiro atoms. The molecule has 27 heavy (non-hydrogen) atoms. The van der Waals surface area contributed by atoms with E-state index < -0.39 is 10.8 Å². The number of nitriles is 1. The summed E-state index contributed by atoms with van der Waals surface area (Å²) in [6, 6.07) is 9.66. The molecule has 1 heterocycles. The van der Waals surface area contributed by atoms with Crippen LogP contribution in [-0.2, 0) is 15.0 Å². The molecular weight excluding hydrogens is 360 g/mol. The number of nitrogens with zero attached hydrogens (tertiary/aromatic N) is 2. The summed E-state index contributed by atoms with van der Waals surface area (Å²) in [5.41, 5.74) is 0.0305. The maximum absolute atomic E-state index is 13.4. The van der Waals surface area contributed by atoms with Crippen molar-refractivity contribution in [1.29, 1.82) is 5.26 Å². The van der Waals surface area contributed by atoms with Gasteiger partial charge in [0, 0.05) is 28.9 Å². The van der Waals surface area contributed by atoms with Gasteiger partial charge in [-0.3, -0.25) is 9.59 Å². The van der Waals surface area contributed by atoms with E-state index in [4.69, 9.17) is 11.6 Å². The van der Waals surface area contributed by atoms with Crippen LogP contribution in [0, 0.1) is 22.2 Å². The van der Waals surface area contributed by atoms with Gasteiger partial charge in [-0.05, 0) is 43.4 Å². The highest BCUT2D eigenvalue weighted by molar-refractivity contribution is 6.30. The molecule has 1 aromatic rings. The van der Waals surface area contributed by atoms with Crippen LogP contribution in [0.1, 0.15) is 45.1 Å². The van der Waals surface area contributed by atoms with Crippen LogP contribution in [0.5, 0.6) is 0 Å². The Morgan fingerprint density at radius 3 is 2.44 bits per heavy atom. The number of carbonyl (C=O) groups is 2. The molecule has 5 heteroatoms. The number of allylic oxidation sites excluding steroid dienone is 1. The fourth-order valence-electron chi connectivity index (χ4n) is 4.98. The van der Waals surface area contributed by atoms with E-state index in [0.717, 1.165) is 24.8 Å². The van der Waals surface area contributed by atoms with Gasteiger partial charge in [-0.25, -0.2) is 0 Å².